The van der Waals surface area contributed by atoms with Gasteiger partial charge in [0.05, 0.1) is 19.3 Å². The van der Waals surface area contributed by atoms with E-state index in [9.17, 15) is 10.2 Å². The Morgan fingerprint density at radius 1 is 1.50 bits per heavy atom. The van der Waals surface area contributed by atoms with Gasteiger partial charge in [0.15, 0.2) is 0 Å². The number of aliphatic hydroxyl groups excluding tert-OH is 2. The first-order valence-electron chi connectivity index (χ1n) is 5.39. The van der Waals surface area contributed by atoms with E-state index in [2.05, 4.69) is 26.0 Å². The molecule has 0 bridgehead atoms. The molecule has 1 rings (SSSR count). The number of aliphatic hydroxyl groups is 2. The SMILES string of the molecule is CCOc1ccc(Br)cc1C(O)C(O)CN=[N+]=[N-]. The van der Waals surface area contributed by atoms with Crippen molar-refractivity contribution < 1.29 is 14.9 Å². The van der Waals surface area contributed by atoms with Crippen molar-refractivity contribution >= 4 is 15.9 Å². The van der Waals surface area contributed by atoms with Gasteiger partial charge in [0.25, 0.3) is 0 Å². The number of halogens is 1. The van der Waals surface area contributed by atoms with Crippen LogP contribution in [0.2, 0.25) is 0 Å². The Kier molecular flexibility index (Phi) is 5.94. The average Bonchev–Trinajstić information content (AvgIpc) is 2.37. The number of benzene rings is 1. The van der Waals surface area contributed by atoms with E-state index in [1.54, 1.807) is 18.2 Å². The van der Waals surface area contributed by atoms with Crippen molar-refractivity contribution in [2.75, 3.05) is 13.2 Å². The number of rotatable bonds is 6. The van der Waals surface area contributed by atoms with E-state index in [-0.39, 0.29) is 6.54 Å². The van der Waals surface area contributed by atoms with Crippen LogP contribution < -0.4 is 4.74 Å². The van der Waals surface area contributed by atoms with E-state index < -0.39 is 12.2 Å². The Labute approximate surface area is 113 Å². The molecular weight excluding hydrogens is 302 g/mol. The molecule has 1 aromatic carbocycles. The fraction of sp³-hybridized carbons (Fsp3) is 0.455. The summed E-state index contributed by atoms with van der Waals surface area (Å²) in [5.74, 6) is 0.494. The first kappa shape index (κ1) is 14.8. The highest BCUT2D eigenvalue weighted by molar-refractivity contribution is 9.10. The first-order valence-corrected chi connectivity index (χ1v) is 6.18. The third-order valence-corrected chi connectivity index (χ3v) is 2.78. The van der Waals surface area contributed by atoms with Crippen molar-refractivity contribution in [2.24, 2.45) is 5.11 Å². The predicted molar refractivity (Wildman–Crippen MR) is 70.3 cm³/mol. The van der Waals surface area contributed by atoms with Crippen LogP contribution in [0.4, 0.5) is 0 Å². The average molecular weight is 316 g/mol. The minimum absolute atomic E-state index is 0.199. The van der Waals surface area contributed by atoms with Crippen LogP contribution in [0.25, 0.3) is 10.4 Å². The van der Waals surface area contributed by atoms with Crippen molar-refractivity contribution in [3.63, 3.8) is 0 Å². The molecule has 2 atom stereocenters. The highest BCUT2D eigenvalue weighted by Gasteiger charge is 2.21. The summed E-state index contributed by atoms with van der Waals surface area (Å²) in [6.07, 6.45) is -2.34. The molecule has 0 aliphatic rings. The van der Waals surface area contributed by atoms with Crippen molar-refractivity contribution in [3.8, 4) is 5.75 Å². The predicted octanol–water partition coefficient (Wildman–Crippen LogP) is 2.55. The third kappa shape index (κ3) is 3.89. The van der Waals surface area contributed by atoms with E-state index >= 15 is 0 Å². The highest BCUT2D eigenvalue weighted by Crippen LogP contribution is 2.30. The van der Waals surface area contributed by atoms with Gasteiger partial charge in [0, 0.05) is 14.9 Å². The number of ether oxygens (including phenoxy) is 1. The molecule has 0 heterocycles. The molecule has 0 saturated carbocycles. The van der Waals surface area contributed by atoms with Crippen molar-refractivity contribution in [1.29, 1.82) is 0 Å². The molecule has 0 aromatic heterocycles. The lowest BCUT2D eigenvalue weighted by atomic mass is 10.0. The maximum absolute atomic E-state index is 10.0. The fourth-order valence-electron chi connectivity index (χ4n) is 1.46. The Hall–Kier alpha value is -1.27. The Balaban J connectivity index is 2.97. The van der Waals surface area contributed by atoms with Crippen molar-refractivity contribution in [2.45, 2.75) is 19.1 Å². The normalized spacial score (nSPS) is 13.6. The van der Waals surface area contributed by atoms with E-state index in [1.165, 1.54) is 0 Å². The molecule has 7 heteroatoms. The molecule has 0 aliphatic heterocycles. The van der Waals surface area contributed by atoms with Gasteiger partial charge in [-0.3, -0.25) is 0 Å². The standard InChI is InChI=1S/C11H14BrN3O3/c1-2-18-10-4-3-7(12)5-8(10)11(17)9(16)6-14-15-13/h3-5,9,11,16-17H,2,6H2,1H3. The minimum atomic E-state index is -1.17. The quantitative estimate of drug-likeness (QED) is 0.479. The first-order chi connectivity index (χ1) is 8.60. The summed E-state index contributed by atoms with van der Waals surface area (Å²) in [7, 11) is 0. The van der Waals surface area contributed by atoms with Gasteiger partial charge in [-0.2, -0.15) is 0 Å². The summed E-state index contributed by atoms with van der Waals surface area (Å²) in [4.78, 5) is 2.54. The van der Waals surface area contributed by atoms with Crippen LogP contribution in [0.5, 0.6) is 5.75 Å². The third-order valence-electron chi connectivity index (χ3n) is 2.29. The Bertz CT molecular complexity index is 449. The lowest BCUT2D eigenvalue weighted by molar-refractivity contribution is 0.0227. The highest BCUT2D eigenvalue weighted by atomic mass is 79.9. The second-order valence-electron chi connectivity index (χ2n) is 3.54. The van der Waals surface area contributed by atoms with Crippen molar-refractivity contribution in [3.05, 3.63) is 38.7 Å². The molecule has 18 heavy (non-hydrogen) atoms. The molecule has 0 aliphatic carbocycles. The number of hydrogen-bond acceptors (Lipinski definition) is 4. The molecule has 98 valence electrons. The number of hydrogen-bond donors (Lipinski definition) is 2. The molecule has 0 spiro atoms. The van der Waals surface area contributed by atoms with Crippen LogP contribution in [0.15, 0.2) is 27.8 Å². The smallest absolute Gasteiger partial charge is 0.125 e. The molecule has 0 fully saturated rings. The van der Waals surface area contributed by atoms with Crippen LogP contribution >= 0.6 is 15.9 Å². The largest absolute Gasteiger partial charge is 0.493 e. The van der Waals surface area contributed by atoms with Gasteiger partial charge >= 0.3 is 0 Å². The zero-order valence-electron chi connectivity index (χ0n) is 9.82. The zero-order valence-corrected chi connectivity index (χ0v) is 11.4. The van der Waals surface area contributed by atoms with Crippen LogP contribution in [0.3, 0.4) is 0 Å². The van der Waals surface area contributed by atoms with Gasteiger partial charge < -0.3 is 14.9 Å². The molecule has 2 N–H and O–H groups in total. The monoisotopic (exact) mass is 315 g/mol. The van der Waals surface area contributed by atoms with Crippen LogP contribution in [0.1, 0.15) is 18.6 Å². The summed E-state index contributed by atoms with van der Waals surface area (Å²) in [6, 6.07) is 5.14. The molecular formula is C11H14BrN3O3. The molecule has 6 nitrogen and oxygen atoms in total. The maximum atomic E-state index is 10.0. The number of azide groups is 1. The molecule has 0 saturated heterocycles. The number of nitrogens with zero attached hydrogens (tertiary/aromatic N) is 3. The van der Waals surface area contributed by atoms with Gasteiger partial charge in [0.1, 0.15) is 11.9 Å². The minimum Gasteiger partial charge on any atom is -0.493 e. The van der Waals surface area contributed by atoms with Crippen LogP contribution in [-0.4, -0.2) is 29.5 Å². The van der Waals surface area contributed by atoms with Crippen LogP contribution in [0, 0.1) is 0 Å². The van der Waals surface area contributed by atoms with Crippen molar-refractivity contribution in [1.82, 2.24) is 0 Å². The summed E-state index contributed by atoms with van der Waals surface area (Å²) >= 11 is 3.29. The van der Waals surface area contributed by atoms with E-state index in [4.69, 9.17) is 10.3 Å². The lowest BCUT2D eigenvalue weighted by Crippen LogP contribution is -2.21. The van der Waals surface area contributed by atoms with Gasteiger partial charge in [-0.1, -0.05) is 21.0 Å². The fourth-order valence-corrected chi connectivity index (χ4v) is 1.84. The van der Waals surface area contributed by atoms with Gasteiger partial charge in [-0.25, -0.2) is 0 Å². The second kappa shape index (κ2) is 7.23. The van der Waals surface area contributed by atoms with Gasteiger partial charge in [0.2, 0.25) is 0 Å². The van der Waals surface area contributed by atoms with Crippen LogP contribution in [-0.2, 0) is 0 Å². The van der Waals surface area contributed by atoms with E-state index in [1.807, 2.05) is 6.92 Å². The maximum Gasteiger partial charge on any atom is 0.125 e. The van der Waals surface area contributed by atoms with E-state index in [0.717, 1.165) is 4.47 Å². The summed E-state index contributed by atoms with van der Waals surface area (Å²) in [5, 5.41) is 22.9. The Morgan fingerprint density at radius 2 is 2.22 bits per heavy atom. The molecule has 2 unspecified atom stereocenters. The second-order valence-corrected chi connectivity index (χ2v) is 4.46. The zero-order chi connectivity index (χ0) is 13.5. The van der Waals surface area contributed by atoms with Gasteiger partial charge in [-0.15, -0.1) is 0 Å². The molecule has 1 aromatic rings. The Morgan fingerprint density at radius 3 is 2.83 bits per heavy atom. The summed E-state index contributed by atoms with van der Waals surface area (Å²) in [6.45, 7) is 2.08. The summed E-state index contributed by atoms with van der Waals surface area (Å²) < 4.78 is 6.13. The van der Waals surface area contributed by atoms with E-state index in [0.29, 0.717) is 17.9 Å². The molecule has 0 radical (unpaired) electrons. The summed E-state index contributed by atoms with van der Waals surface area (Å²) in [5.41, 5.74) is 8.63. The molecule has 0 amide bonds. The van der Waals surface area contributed by atoms with Gasteiger partial charge in [-0.05, 0) is 30.7 Å². The topological polar surface area (TPSA) is 98.5 Å². The lowest BCUT2D eigenvalue weighted by Gasteiger charge is -2.19.